The minimum absolute atomic E-state index is 0.189. The molecule has 5 nitrogen and oxygen atoms in total. The number of hydrogen-bond acceptors (Lipinski definition) is 4. The first-order valence-electron chi connectivity index (χ1n) is 8.55. The van der Waals surface area contributed by atoms with E-state index in [1.54, 1.807) is 49.6 Å². The second-order valence-corrected chi connectivity index (χ2v) is 5.99. The van der Waals surface area contributed by atoms with Crippen molar-refractivity contribution in [2.24, 2.45) is 0 Å². The van der Waals surface area contributed by atoms with Gasteiger partial charge in [0.1, 0.15) is 17.6 Å². The van der Waals surface area contributed by atoms with E-state index in [0.717, 1.165) is 10.9 Å². The predicted octanol–water partition coefficient (Wildman–Crippen LogP) is 5.42. The number of carbonyl (C=O) groups is 1. The average Bonchev–Trinajstić information content (AvgIpc) is 2.69. The third-order valence-corrected chi connectivity index (χ3v) is 4.25. The standard InChI is InChI=1S/C22H21NO4/c1-3-6-21(19-13-14-20(24)18-8-5-4-7-17(18)19)27-22(25)23-15-9-11-16(26-2)12-10-15/h3-5,7-14,21,24H,1,6H2,2H3,(H,23,25)/t21-/m0/s1. The van der Waals surface area contributed by atoms with Crippen molar-refractivity contribution in [1.29, 1.82) is 0 Å². The van der Waals surface area contributed by atoms with Gasteiger partial charge in [-0.3, -0.25) is 5.32 Å². The molecule has 5 heteroatoms. The van der Waals surface area contributed by atoms with Gasteiger partial charge in [0.05, 0.1) is 7.11 Å². The van der Waals surface area contributed by atoms with Gasteiger partial charge in [0.25, 0.3) is 0 Å². The topological polar surface area (TPSA) is 67.8 Å². The number of phenolic OH excluding ortho intramolecular Hbond substituents is 1. The Hall–Kier alpha value is -3.47. The van der Waals surface area contributed by atoms with Crippen molar-refractivity contribution in [1.82, 2.24) is 0 Å². The molecule has 27 heavy (non-hydrogen) atoms. The van der Waals surface area contributed by atoms with Crippen molar-refractivity contribution in [3.63, 3.8) is 0 Å². The van der Waals surface area contributed by atoms with Gasteiger partial charge in [0.2, 0.25) is 0 Å². The third-order valence-electron chi connectivity index (χ3n) is 4.25. The van der Waals surface area contributed by atoms with E-state index in [4.69, 9.17) is 9.47 Å². The Balaban J connectivity index is 1.82. The number of anilines is 1. The fourth-order valence-corrected chi connectivity index (χ4v) is 2.93. The fraction of sp³-hybridized carbons (Fsp3) is 0.136. The van der Waals surface area contributed by atoms with Crippen molar-refractivity contribution in [3.05, 3.63) is 78.9 Å². The molecular formula is C22H21NO4. The van der Waals surface area contributed by atoms with Crippen LogP contribution in [0.5, 0.6) is 11.5 Å². The lowest BCUT2D eigenvalue weighted by molar-refractivity contribution is 0.113. The number of amides is 1. The molecule has 1 atom stereocenters. The zero-order chi connectivity index (χ0) is 19.2. The van der Waals surface area contributed by atoms with E-state index in [9.17, 15) is 9.90 Å². The van der Waals surface area contributed by atoms with E-state index in [1.165, 1.54) is 0 Å². The number of aromatic hydroxyl groups is 1. The van der Waals surface area contributed by atoms with Crippen LogP contribution < -0.4 is 10.1 Å². The van der Waals surface area contributed by atoms with E-state index in [2.05, 4.69) is 11.9 Å². The van der Waals surface area contributed by atoms with Crippen LogP contribution in [0.3, 0.4) is 0 Å². The molecule has 0 aliphatic rings. The largest absolute Gasteiger partial charge is 0.507 e. The maximum atomic E-state index is 12.4. The Morgan fingerprint density at radius 2 is 1.81 bits per heavy atom. The summed E-state index contributed by atoms with van der Waals surface area (Å²) in [5.74, 6) is 0.892. The van der Waals surface area contributed by atoms with Gasteiger partial charge in [-0.15, -0.1) is 6.58 Å². The van der Waals surface area contributed by atoms with Crippen molar-refractivity contribution < 1.29 is 19.4 Å². The Morgan fingerprint density at radius 1 is 1.11 bits per heavy atom. The summed E-state index contributed by atoms with van der Waals surface area (Å²) in [6.07, 6.45) is 1.06. The van der Waals surface area contributed by atoms with E-state index in [-0.39, 0.29) is 5.75 Å². The van der Waals surface area contributed by atoms with Gasteiger partial charge in [-0.05, 0) is 35.7 Å². The van der Waals surface area contributed by atoms with Crippen LogP contribution in [0, 0.1) is 0 Å². The minimum Gasteiger partial charge on any atom is -0.507 e. The first-order chi connectivity index (χ1) is 13.1. The van der Waals surface area contributed by atoms with Gasteiger partial charge < -0.3 is 14.6 Å². The van der Waals surface area contributed by atoms with Crippen molar-refractivity contribution in [3.8, 4) is 11.5 Å². The molecule has 0 spiro atoms. The maximum absolute atomic E-state index is 12.4. The molecular weight excluding hydrogens is 342 g/mol. The van der Waals surface area contributed by atoms with Gasteiger partial charge in [-0.1, -0.05) is 36.4 Å². The molecule has 3 aromatic rings. The highest BCUT2D eigenvalue weighted by atomic mass is 16.6. The summed E-state index contributed by atoms with van der Waals surface area (Å²) in [4.78, 5) is 12.4. The number of hydrogen-bond donors (Lipinski definition) is 2. The first kappa shape index (κ1) is 18.3. The number of phenols is 1. The predicted molar refractivity (Wildman–Crippen MR) is 106 cm³/mol. The molecule has 0 bridgehead atoms. The molecule has 0 radical (unpaired) electrons. The lowest BCUT2D eigenvalue weighted by Gasteiger charge is -2.19. The average molecular weight is 363 g/mol. The van der Waals surface area contributed by atoms with Gasteiger partial charge in [-0.25, -0.2) is 4.79 Å². The normalized spacial score (nSPS) is 11.6. The summed E-state index contributed by atoms with van der Waals surface area (Å²) in [5.41, 5.74) is 1.42. The monoisotopic (exact) mass is 363 g/mol. The SMILES string of the molecule is C=CC[C@H](OC(=O)Nc1ccc(OC)cc1)c1ccc(O)c2ccccc12. The van der Waals surface area contributed by atoms with Gasteiger partial charge in [-0.2, -0.15) is 0 Å². The summed E-state index contributed by atoms with van der Waals surface area (Å²) >= 11 is 0. The first-order valence-corrected chi connectivity index (χ1v) is 8.55. The van der Waals surface area contributed by atoms with Crippen molar-refractivity contribution >= 4 is 22.6 Å². The second kappa shape index (κ2) is 8.27. The Morgan fingerprint density at radius 3 is 2.48 bits per heavy atom. The van der Waals surface area contributed by atoms with Gasteiger partial charge in [0.15, 0.2) is 0 Å². The van der Waals surface area contributed by atoms with Crippen LogP contribution in [0.4, 0.5) is 10.5 Å². The number of fused-ring (bicyclic) bond motifs is 1. The zero-order valence-electron chi connectivity index (χ0n) is 15.0. The molecule has 0 saturated heterocycles. The van der Waals surface area contributed by atoms with Crippen LogP contribution in [0.2, 0.25) is 0 Å². The minimum atomic E-state index is -0.566. The molecule has 0 unspecified atom stereocenters. The van der Waals surface area contributed by atoms with E-state index in [0.29, 0.717) is 23.2 Å². The lowest BCUT2D eigenvalue weighted by atomic mass is 9.98. The van der Waals surface area contributed by atoms with Crippen LogP contribution >= 0.6 is 0 Å². The van der Waals surface area contributed by atoms with Crippen LogP contribution in [-0.4, -0.2) is 18.3 Å². The van der Waals surface area contributed by atoms with Crippen LogP contribution in [0.25, 0.3) is 10.8 Å². The highest BCUT2D eigenvalue weighted by Gasteiger charge is 2.19. The Bertz CT molecular complexity index is 950. The molecule has 0 heterocycles. The molecule has 138 valence electrons. The molecule has 0 saturated carbocycles. The van der Waals surface area contributed by atoms with E-state index >= 15 is 0 Å². The molecule has 0 fully saturated rings. The van der Waals surface area contributed by atoms with E-state index < -0.39 is 12.2 Å². The molecule has 0 aliphatic heterocycles. The molecule has 2 N–H and O–H groups in total. The zero-order valence-corrected chi connectivity index (χ0v) is 15.0. The molecule has 3 rings (SSSR count). The number of carbonyl (C=O) groups excluding carboxylic acids is 1. The number of nitrogens with one attached hydrogen (secondary N) is 1. The van der Waals surface area contributed by atoms with Crippen molar-refractivity contribution in [2.75, 3.05) is 12.4 Å². The molecule has 3 aromatic carbocycles. The molecule has 1 amide bonds. The van der Waals surface area contributed by atoms with Crippen LogP contribution in [-0.2, 0) is 4.74 Å². The van der Waals surface area contributed by atoms with Crippen LogP contribution in [0.1, 0.15) is 18.1 Å². The number of rotatable bonds is 6. The summed E-state index contributed by atoms with van der Waals surface area (Å²) < 4.78 is 10.8. The summed E-state index contributed by atoms with van der Waals surface area (Å²) in [6, 6.07) is 17.8. The molecule has 0 aromatic heterocycles. The Labute approximate surface area is 157 Å². The maximum Gasteiger partial charge on any atom is 0.412 e. The van der Waals surface area contributed by atoms with Crippen LogP contribution in [0.15, 0.2) is 73.3 Å². The molecule has 0 aliphatic carbocycles. The van der Waals surface area contributed by atoms with Gasteiger partial charge >= 0.3 is 6.09 Å². The number of ether oxygens (including phenoxy) is 2. The summed E-state index contributed by atoms with van der Waals surface area (Å²) in [6.45, 7) is 3.76. The third kappa shape index (κ3) is 4.20. The smallest absolute Gasteiger partial charge is 0.412 e. The fourth-order valence-electron chi connectivity index (χ4n) is 2.93. The lowest BCUT2D eigenvalue weighted by Crippen LogP contribution is -2.17. The van der Waals surface area contributed by atoms with Crippen molar-refractivity contribution in [2.45, 2.75) is 12.5 Å². The van der Waals surface area contributed by atoms with Gasteiger partial charge in [0, 0.05) is 23.1 Å². The second-order valence-electron chi connectivity index (χ2n) is 5.99. The number of benzene rings is 3. The quantitative estimate of drug-likeness (QED) is 0.574. The summed E-state index contributed by atoms with van der Waals surface area (Å²) in [5, 5.41) is 14.3. The highest BCUT2D eigenvalue weighted by Crippen LogP contribution is 2.34. The summed E-state index contributed by atoms with van der Waals surface area (Å²) in [7, 11) is 1.58. The highest BCUT2D eigenvalue weighted by molar-refractivity contribution is 5.91. The van der Waals surface area contributed by atoms with E-state index in [1.807, 2.05) is 24.3 Å². The Kier molecular flexibility index (Phi) is 5.61. The number of methoxy groups -OCH3 is 1.